The molecule has 0 amide bonds. The first-order valence-electron chi connectivity index (χ1n) is 9.17. The maximum absolute atomic E-state index is 11.0. The second kappa shape index (κ2) is 10.4. The lowest BCUT2D eigenvalue weighted by Gasteiger charge is -2.12. The molecule has 0 unspecified atom stereocenters. The van der Waals surface area contributed by atoms with Crippen LogP contribution < -0.4 is 4.74 Å². The van der Waals surface area contributed by atoms with E-state index in [1.54, 1.807) is 0 Å². The van der Waals surface area contributed by atoms with Crippen LogP contribution in [-0.4, -0.2) is 19.2 Å². The molecule has 2 aromatic carbocycles. The van der Waals surface area contributed by atoms with Gasteiger partial charge in [-0.05, 0) is 55.4 Å². The Labute approximate surface area is 156 Å². The molecule has 3 heteroatoms. The van der Waals surface area contributed by atoms with E-state index in [-0.39, 0.29) is 5.97 Å². The average Bonchev–Trinajstić information content (AvgIpc) is 2.66. The largest absolute Gasteiger partial charge is 0.494 e. The fourth-order valence-electron chi connectivity index (χ4n) is 2.68. The molecule has 0 spiro atoms. The Balaban J connectivity index is 1.68. The first kappa shape index (κ1) is 19.8. The van der Waals surface area contributed by atoms with E-state index in [4.69, 9.17) is 9.47 Å². The Kier molecular flexibility index (Phi) is 7.94. The standard InChI is InChI=1S/C23H28O3/c1-4-23(24)26-16-5-6-18(2)15-17-25-22-13-11-21(12-14-22)20-9-7-19(3)8-10-20/h4,7-14,18H,1,5-6,15-17H2,2-3H3/t18-/m0/s1. The second-order valence-electron chi connectivity index (χ2n) is 6.65. The minimum absolute atomic E-state index is 0.352. The average molecular weight is 352 g/mol. The molecule has 138 valence electrons. The molecule has 0 saturated carbocycles. The Morgan fingerprint density at radius 2 is 1.62 bits per heavy atom. The summed E-state index contributed by atoms with van der Waals surface area (Å²) < 4.78 is 10.8. The molecule has 0 heterocycles. The lowest BCUT2D eigenvalue weighted by molar-refractivity contribution is -0.137. The van der Waals surface area contributed by atoms with E-state index < -0.39 is 0 Å². The van der Waals surface area contributed by atoms with Crippen LogP contribution in [0.4, 0.5) is 0 Å². The number of hydrogen-bond donors (Lipinski definition) is 0. The van der Waals surface area contributed by atoms with E-state index in [1.807, 2.05) is 12.1 Å². The molecule has 0 saturated heterocycles. The van der Waals surface area contributed by atoms with Crippen LogP contribution in [0.15, 0.2) is 61.2 Å². The van der Waals surface area contributed by atoms with Gasteiger partial charge in [0.1, 0.15) is 5.75 Å². The Hall–Kier alpha value is -2.55. The number of carbonyl (C=O) groups is 1. The van der Waals surface area contributed by atoms with E-state index in [9.17, 15) is 4.79 Å². The fraction of sp³-hybridized carbons (Fsp3) is 0.348. The molecule has 26 heavy (non-hydrogen) atoms. The molecule has 0 bridgehead atoms. The van der Waals surface area contributed by atoms with E-state index in [0.29, 0.717) is 19.1 Å². The van der Waals surface area contributed by atoms with Gasteiger partial charge in [-0.3, -0.25) is 0 Å². The van der Waals surface area contributed by atoms with Crippen LogP contribution in [0.5, 0.6) is 5.75 Å². The third-order valence-corrected chi connectivity index (χ3v) is 4.37. The second-order valence-corrected chi connectivity index (χ2v) is 6.65. The van der Waals surface area contributed by atoms with Gasteiger partial charge < -0.3 is 9.47 Å². The highest BCUT2D eigenvalue weighted by Crippen LogP contribution is 2.23. The van der Waals surface area contributed by atoms with Crippen molar-refractivity contribution in [2.45, 2.75) is 33.1 Å². The lowest BCUT2D eigenvalue weighted by Crippen LogP contribution is -2.07. The highest BCUT2D eigenvalue weighted by Gasteiger charge is 2.04. The maximum atomic E-state index is 11.0. The van der Waals surface area contributed by atoms with E-state index in [0.717, 1.165) is 25.0 Å². The van der Waals surface area contributed by atoms with Gasteiger partial charge in [0.25, 0.3) is 0 Å². The monoisotopic (exact) mass is 352 g/mol. The van der Waals surface area contributed by atoms with Crippen molar-refractivity contribution in [2.24, 2.45) is 5.92 Å². The first-order valence-corrected chi connectivity index (χ1v) is 9.17. The number of carbonyl (C=O) groups excluding carboxylic acids is 1. The molecule has 0 N–H and O–H groups in total. The van der Waals surface area contributed by atoms with Gasteiger partial charge in [-0.25, -0.2) is 4.79 Å². The van der Waals surface area contributed by atoms with Crippen molar-refractivity contribution in [1.82, 2.24) is 0 Å². The third-order valence-electron chi connectivity index (χ3n) is 4.37. The molecule has 3 nitrogen and oxygen atoms in total. The van der Waals surface area contributed by atoms with Gasteiger partial charge >= 0.3 is 5.97 Å². The van der Waals surface area contributed by atoms with Crippen LogP contribution in [0, 0.1) is 12.8 Å². The Morgan fingerprint density at radius 1 is 1.00 bits per heavy atom. The highest BCUT2D eigenvalue weighted by atomic mass is 16.5. The van der Waals surface area contributed by atoms with E-state index >= 15 is 0 Å². The minimum atomic E-state index is -0.352. The van der Waals surface area contributed by atoms with Gasteiger partial charge in [-0.15, -0.1) is 0 Å². The zero-order chi connectivity index (χ0) is 18.8. The molecular weight excluding hydrogens is 324 g/mol. The number of esters is 1. The highest BCUT2D eigenvalue weighted by molar-refractivity contribution is 5.81. The third kappa shape index (κ3) is 6.75. The predicted molar refractivity (Wildman–Crippen MR) is 106 cm³/mol. The molecule has 0 aromatic heterocycles. The lowest BCUT2D eigenvalue weighted by atomic mass is 10.0. The summed E-state index contributed by atoms with van der Waals surface area (Å²) in [4.78, 5) is 11.0. The smallest absolute Gasteiger partial charge is 0.330 e. The summed E-state index contributed by atoms with van der Waals surface area (Å²) in [6.07, 6.45) is 4.06. The molecule has 0 aliphatic carbocycles. The SMILES string of the molecule is C=CC(=O)OCCC[C@H](C)CCOc1ccc(-c2ccc(C)cc2)cc1. The summed E-state index contributed by atoms with van der Waals surface area (Å²) in [5.41, 5.74) is 3.68. The van der Waals surface area contributed by atoms with Crippen molar-refractivity contribution in [1.29, 1.82) is 0 Å². The van der Waals surface area contributed by atoms with Gasteiger partial charge in [-0.1, -0.05) is 55.5 Å². The van der Waals surface area contributed by atoms with Crippen LogP contribution >= 0.6 is 0 Å². The van der Waals surface area contributed by atoms with E-state index in [2.05, 4.69) is 56.8 Å². The Bertz CT molecular complexity index is 686. The normalized spacial score (nSPS) is 11.6. The zero-order valence-corrected chi connectivity index (χ0v) is 15.7. The Morgan fingerprint density at radius 3 is 2.23 bits per heavy atom. The fourth-order valence-corrected chi connectivity index (χ4v) is 2.68. The quantitative estimate of drug-likeness (QED) is 0.318. The number of rotatable bonds is 10. The summed E-state index contributed by atoms with van der Waals surface area (Å²) in [6, 6.07) is 16.8. The van der Waals surface area contributed by atoms with Crippen LogP contribution in [0.2, 0.25) is 0 Å². The van der Waals surface area contributed by atoms with Gasteiger partial charge in [-0.2, -0.15) is 0 Å². The number of aryl methyl sites for hydroxylation is 1. The van der Waals surface area contributed by atoms with Crippen molar-refractivity contribution in [3.05, 3.63) is 66.7 Å². The zero-order valence-electron chi connectivity index (χ0n) is 15.7. The number of hydrogen-bond acceptors (Lipinski definition) is 3. The maximum Gasteiger partial charge on any atom is 0.330 e. The summed E-state index contributed by atoms with van der Waals surface area (Å²) in [7, 11) is 0. The first-order chi connectivity index (χ1) is 12.6. The molecule has 0 aliphatic heterocycles. The van der Waals surface area contributed by atoms with Crippen molar-refractivity contribution in [3.63, 3.8) is 0 Å². The molecular formula is C23H28O3. The van der Waals surface area contributed by atoms with Crippen molar-refractivity contribution in [2.75, 3.05) is 13.2 Å². The molecule has 2 rings (SSSR count). The number of ether oxygens (including phenoxy) is 2. The molecule has 0 radical (unpaired) electrons. The van der Waals surface area contributed by atoms with Crippen LogP contribution in [-0.2, 0) is 9.53 Å². The summed E-state index contributed by atoms with van der Waals surface area (Å²) >= 11 is 0. The van der Waals surface area contributed by atoms with Crippen LogP contribution in [0.25, 0.3) is 11.1 Å². The molecule has 1 atom stereocenters. The van der Waals surface area contributed by atoms with Crippen molar-refractivity contribution >= 4 is 5.97 Å². The van der Waals surface area contributed by atoms with Crippen molar-refractivity contribution in [3.8, 4) is 16.9 Å². The van der Waals surface area contributed by atoms with Gasteiger partial charge in [0, 0.05) is 6.08 Å². The molecule has 2 aromatic rings. The number of benzene rings is 2. The molecule has 0 fully saturated rings. The topological polar surface area (TPSA) is 35.5 Å². The summed E-state index contributed by atoms with van der Waals surface area (Å²) in [5, 5.41) is 0. The molecule has 0 aliphatic rings. The van der Waals surface area contributed by atoms with Crippen LogP contribution in [0.3, 0.4) is 0 Å². The summed E-state index contributed by atoms with van der Waals surface area (Å²) in [6.45, 7) is 8.81. The predicted octanol–water partition coefficient (Wildman–Crippen LogP) is 5.58. The van der Waals surface area contributed by atoms with Crippen LogP contribution in [0.1, 0.15) is 31.7 Å². The van der Waals surface area contributed by atoms with Gasteiger partial charge in [0.05, 0.1) is 13.2 Å². The van der Waals surface area contributed by atoms with Crippen molar-refractivity contribution < 1.29 is 14.3 Å². The van der Waals surface area contributed by atoms with E-state index in [1.165, 1.54) is 22.8 Å². The van der Waals surface area contributed by atoms with Gasteiger partial charge in [0.2, 0.25) is 0 Å². The van der Waals surface area contributed by atoms with Gasteiger partial charge in [0.15, 0.2) is 0 Å². The summed E-state index contributed by atoms with van der Waals surface area (Å²) in [5.74, 6) is 1.08. The minimum Gasteiger partial charge on any atom is -0.494 e.